The Balaban J connectivity index is 1.81. The average molecular weight is 334 g/mol. The van der Waals surface area contributed by atoms with Crippen LogP contribution in [0.3, 0.4) is 0 Å². The van der Waals surface area contributed by atoms with Gasteiger partial charge in [0.25, 0.3) is 5.56 Å². The highest BCUT2D eigenvalue weighted by Gasteiger charge is 2.29. The molecule has 1 aliphatic carbocycles. The summed E-state index contributed by atoms with van der Waals surface area (Å²) in [6.45, 7) is 8.05. The van der Waals surface area contributed by atoms with Crippen LogP contribution in [0.1, 0.15) is 67.8 Å². The zero-order chi connectivity index (χ0) is 16.4. The van der Waals surface area contributed by atoms with E-state index in [1.807, 2.05) is 11.5 Å². The van der Waals surface area contributed by atoms with Gasteiger partial charge in [-0.25, -0.2) is 4.98 Å². The summed E-state index contributed by atoms with van der Waals surface area (Å²) in [7, 11) is 0. The van der Waals surface area contributed by atoms with Crippen molar-refractivity contribution in [1.29, 1.82) is 0 Å². The lowest BCUT2D eigenvalue weighted by atomic mass is 10.2. The number of nitrogens with zero attached hydrogens (tertiary/aromatic N) is 2. The Morgan fingerprint density at radius 3 is 2.74 bits per heavy atom. The predicted molar refractivity (Wildman–Crippen MR) is 97.5 cm³/mol. The van der Waals surface area contributed by atoms with E-state index in [0.717, 1.165) is 41.0 Å². The molecule has 0 amide bonds. The topological polar surface area (TPSA) is 46.9 Å². The molecule has 1 fully saturated rings. The molecule has 126 valence electrons. The molecule has 0 atom stereocenters. The van der Waals surface area contributed by atoms with Crippen molar-refractivity contribution in [3.05, 3.63) is 26.6 Å². The molecule has 0 radical (unpaired) electrons. The number of nitrogens with one attached hydrogen (secondary N) is 1. The summed E-state index contributed by atoms with van der Waals surface area (Å²) in [5.74, 6) is 0.918. The minimum Gasteiger partial charge on any atom is -0.310 e. The molecule has 3 rings (SSSR count). The van der Waals surface area contributed by atoms with Crippen molar-refractivity contribution in [3.8, 4) is 0 Å². The number of rotatable bonds is 8. The molecule has 0 spiro atoms. The van der Waals surface area contributed by atoms with Gasteiger partial charge in [-0.3, -0.25) is 9.36 Å². The molecule has 0 saturated heterocycles. The monoisotopic (exact) mass is 333 g/mol. The van der Waals surface area contributed by atoms with E-state index in [9.17, 15) is 4.79 Å². The number of aromatic nitrogens is 2. The van der Waals surface area contributed by atoms with Gasteiger partial charge in [-0.15, -0.1) is 11.3 Å². The van der Waals surface area contributed by atoms with Crippen LogP contribution in [0.4, 0.5) is 0 Å². The molecule has 1 saturated carbocycles. The fourth-order valence-electron chi connectivity index (χ4n) is 3.06. The average Bonchev–Trinajstić information content (AvgIpc) is 3.30. The predicted octanol–water partition coefficient (Wildman–Crippen LogP) is 4.08. The molecule has 0 aromatic carbocycles. The van der Waals surface area contributed by atoms with Gasteiger partial charge in [-0.2, -0.15) is 0 Å². The molecule has 2 aromatic rings. The maximum Gasteiger partial charge on any atom is 0.262 e. The number of hydrogen-bond donors (Lipinski definition) is 1. The number of fused-ring (bicyclic) bond motifs is 1. The van der Waals surface area contributed by atoms with Gasteiger partial charge in [-0.1, -0.05) is 26.2 Å². The van der Waals surface area contributed by atoms with Crippen molar-refractivity contribution < 1.29 is 0 Å². The van der Waals surface area contributed by atoms with Crippen LogP contribution >= 0.6 is 11.3 Å². The van der Waals surface area contributed by atoms with Gasteiger partial charge >= 0.3 is 0 Å². The third kappa shape index (κ3) is 3.50. The Hall–Kier alpha value is -1.20. The third-order valence-electron chi connectivity index (χ3n) is 4.71. The Morgan fingerprint density at radius 1 is 1.26 bits per heavy atom. The number of unbranched alkanes of at least 4 members (excludes halogenated alkanes) is 3. The van der Waals surface area contributed by atoms with Gasteiger partial charge in [0.05, 0.1) is 11.9 Å². The lowest BCUT2D eigenvalue weighted by Crippen LogP contribution is -2.28. The van der Waals surface area contributed by atoms with Crippen LogP contribution in [0.5, 0.6) is 0 Å². The van der Waals surface area contributed by atoms with Crippen LogP contribution < -0.4 is 10.9 Å². The van der Waals surface area contributed by atoms with E-state index >= 15 is 0 Å². The molecule has 0 bridgehead atoms. The fraction of sp³-hybridized carbons (Fsp3) is 0.667. The van der Waals surface area contributed by atoms with Crippen molar-refractivity contribution in [2.24, 2.45) is 0 Å². The van der Waals surface area contributed by atoms with E-state index in [2.05, 4.69) is 19.2 Å². The minimum atomic E-state index is 0.169. The maximum absolute atomic E-state index is 12.9. The first-order chi connectivity index (χ1) is 11.1. The molecule has 0 aliphatic heterocycles. The summed E-state index contributed by atoms with van der Waals surface area (Å²) < 4.78 is 1.96. The van der Waals surface area contributed by atoms with Crippen LogP contribution in [-0.2, 0) is 6.54 Å². The van der Waals surface area contributed by atoms with Crippen LogP contribution in [0.15, 0.2) is 4.79 Å². The molecule has 2 heterocycles. The largest absolute Gasteiger partial charge is 0.310 e. The summed E-state index contributed by atoms with van der Waals surface area (Å²) in [6.07, 6.45) is 7.25. The van der Waals surface area contributed by atoms with Crippen LogP contribution in [0.2, 0.25) is 0 Å². The summed E-state index contributed by atoms with van der Waals surface area (Å²) in [5, 5.41) is 4.32. The molecule has 2 aromatic heterocycles. The SMILES string of the molecule is CCCCCCNCc1nc2sc(C)c(C)c2c(=O)n1C1CC1. The van der Waals surface area contributed by atoms with Crippen molar-refractivity contribution in [2.75, 3.05) is 6.54 Å². The van der Waals surface area contributed by atoms with Crippen molar-refractivity contribution in [2.45, 2.75) is 71.9 Å². The molecule has 23 heavy (non-hydrogen) atoms. The van der Waals surface area contributed by atoms with Crippen LogP contribution in [0.25, 0.3) is 10.2 Å². The van der Waals surface area contributed by atoms with Gasteiger partial charge in [0, 0.05) is 10.9 Å². The van der Waals surface area contributed by atoms with Crippen molar-refractivity contribution >= 4 is 21.6 Å². The lowest BCUT2D eigenvalue weighted by molar-refractivity contribution is 0.555. The van der Waals surface area contributed by atoms with E-state index in [1.165, 1.54) is 30.6 Å². The molecule has 0 unspecified atom stereocenters. The van der Waals surface area contributed by atoms with E-state index in [1.54, 1.807) is 11.3 Å². The molecular weight excluding hydrogens is 306 g/mol. The first kappa shape index (κ1) is 16.7. The minimum absolute atomic E-state index is 0.169. The van der Waals surface area contributed by atoms with Crippen molar-refractivity contribution in [1.82, 2.24) is 14.9 Å². The number of hydrogen-bond acceptors (Lipinski definition) is 4. The zero-order valence-electron chi connectivity index (χ0n) is 14.4. The summed E-state index contributed by atoms with van der Waals surface area (Å²) in [6, 6.07) is 0.371. The normalized spacial score (nSPS) is 14.7. The van der Waals surface area contributed by atoms with E-state index in [-0.39, 0.29) is 5.56 Å². The van der Waals surface area contributed by atoms with Gasteiger partial charge in [0.2, 0.25) is 0 Å². The first-order valence-electron chi connectivity index (χ1n) is 8.85. The van der Waals surface area contributed by atoms with E-state index < -0.39 is 0 Å². The lowest BCUT2D eigenvalue weighted by Gasteiger charge is -2.12. The second kappa shape index (κ2) is 7.14. The smallest absolute Gasteiger partial charge is 0.262 e. The maximum atomic E-state index is 12.9. The number of aryl methyl sites for hydroxylation is 2. The number of thiophene rings is 1. The van der Waals surface area contributed by atoms with Crippen molar-refractivity contribution in [3.63, 3.8) is 0 Å². The third-order valence-corrected chi connectivity index (χ3v) is 5.81. The first-order valence-corrected chi connectivity index (χ1v) is 9.67. The highest BCUT2D eigenvalue weighted by molar-refractivity contribution is 7.18. The highest BCUT2D eigenvalue weighted by Crippen LogP contribution is 2.36. The standard InChI is InChI=1S/C18H27N3OS/c1-4-5-6-7-10-19-11-15-20-17-16(12(2)13(3)23-17)18(22)21(15)14-8-9-14/h14,19H,4-11H2,1-3H3. The highest BCUT2D eigenvalue weighted by atomic mass is 32.1. The Labute approximate surface area is 141 Å². The van der Waals surface area contributed by atoms with Gasteiger partial charge in [0.15, 0.2) is 0 Å². The van der Waals surface area contributed by atoms with Gasteiger partial charge in [0.1, 0.15) is 10.7 Å². The van der Waals surface area contributed by atoms with Crippen LogP contribution in [-0.4, -0.2) is 16.1 Å². The van der Waals surface area contributed by atoms with E-state index in [0.29, 0.717) is 12.6 Å². The molecule has 1 N–H and O–H groups in total. The molecule has 5 heteroatoms. The molecular formula is C18H27N3OS. The second-order valence-corrected chi connectivity index (χ2v) is 7.84. The Morgan fingerprint density at radius 2 is 2.04 bits per heavy atom. The summed E-state index contributed by atoms with van der Waals surface area (Å²) in [4.78, 5) is 19.9. The summed E-state index contributed by atoms with van der Waals surface area (Å²) in [5.41, 5.74) is 1.28. The van der Waals surface area contributed by atoms with Crippen LogP contribution in [0, 0.1) is 13.8 Å². The zero-order valence-corrected chi connectivity index (χ0v) is 15.3. The van der Waals surface area contributed by atoms with E-state index in [4.69, 9.17) is 4.98 Å². The molecule has 4 nitrogen and oxygen atoms in total. The van der Waals surface area contributed by atoms with Gasteiger partial charge < -0.3 is 5.32 Å². The fourth-order valence-corrected chi connectivity index (χ4v) is 4.10. The Kier molecular flexibility index (Phi) is 5.17. The second-order valence-electron chi connectivity index (χ2n) is 6.64. The van der Waals surface area contributed by atoms with Gasteiger partial charge in [-0.05, 0) is 45.2 Å². The molecule has 1 aliphatic rings. The summed E-state index contributed by atoms with van der Waals surface area (Å²) >= 11 is 1.65. The Bertz CT molecular complexity index is 743. The quantitative estimate of drug-likeness (QED) is 0.741.